The Bertz CT molecular complexity index is 322. The van der Waals surface area contributed by atoms with Crippen molar-refractivity contribution in [2.45, 2.75) is 32.6 Å². The highest BCUT2D eigenvalue weighted by Gasteiger charge is 2.03. The summed E-state index contributed by atoms with van der Waals surface area (Å²) < 4.78 is 29.1. The lowest BCUT2D eigenvalue weighted by molar-refractivity contribution is -0.116. The molecule has 0 atom stereocenters. The Morgan fingerprint density at radius 3 is 2.62 bits per heavy atom. The van der Waals surface area contributed by atoms with Crippen LogP contribution in [0, 0.1) is 0 Å². The molecule has 6 heteroatoms. The van der Waals surface area contributed by atoms with Crippen molar-refractivity contribution in [1.82, 2.24) is 5.32 Å². The molecular formula is C10H19NO4S. The Morgan fingerprint density at radius 2 is 2.06 bits per heavy atom. The van der Waals surface area contributed by atoms with Crippen LogP contribution >= 0.6 is 0 Å². The van der Waals surface area contributed by atoms with E-state index in [9.17, 15) is 13.2 Å². The second-order valence-corrected chi connectivity index (χ2v) is 5.05. The maximum absolute atomic E-state index is 11.1. The van der Waals surface area contributed by atoms with Gasteiger partial charge in [-0.15, -0.1) is 0 Å². The first kappa shape index (κ1) is 15.1. The van der Waals surface area contributed by atoms with Gasteiger partial charge in [0.1, 0.15) is 0 Å². The molecule has 0 saturated carbocycles. The molecule has 0 spiro atoms. The second kappa shape index (κ2) is 8.29. The average Bonchev–Trinajstić information content (AvgIpc) is 2.15. The number of unbranched alkanes of at least 4 members (excludes halogenated alkanes) is 3. The quantitative estimate of drug-likeness (QED) is 0.384. The molecule has 0 rings (SSSR count). The summed E-state index contributed by atoms with van der Waals surface area (Å²) in [4.78, 5) is 11.1. The Hall–Kier alpha value is -0.880. The van der Waals surface area contributed by atoms with Crippen LogP contribution in [0.25, 0.3) is 0 Å². The number of rotatable bonds is 8. The van der Waals surface area contributed by atoms with Gasteiger partial charge in [-0.05, 0) is 18.9 Å². The van der Waals surface area contributed by atoms with Gasteiger partial charge in [-0.2, -0.15) is 8.42 Å². The monoisotopic (exact) mass is 249 g/mol. The van der Waals surface area contributed by atoms with Crippen molar-refractivity contribution >= 4 is 16.0 Å². The van der Waals surface area contributed by atoms with Crippen molar-refractivity contribution in [2.24, 2.45) is 0 Å². The van der Waals surface area contributed by atoms with Crippen LogP contribution in [-0.2, 0) is 14.9 Å². The molecule has 0 aromatic carbocycles. The van der Waals surface area contributed by atoms with E-state index in [1.807, 2.05) is 0 Å². The van der Waals surface area contributed by atoms with Gasteiger partial charge in [-0.25, -0.2) is 0 Å². The lowest BCUT2D eigenvalue weighted by Gasteiger charge is -1.99. The predicted molar refractivity (Wildman–Crippen MR) is 62.7 cm³/mol. The molecule has 0 aromatic heterocycles. The molecule has 0 aliphatic heterocycles. The molecule has 0 bridgehead atoms. The fourth-order valence-corrected chi connectivity index (χ4v) is 1.42. The minimum atomic E-state index is -3.99. The first-order valence-corrected chi connectivity index (χ1v) is 6.96. The highest BCUT2D eigenvalue weighted by molar-refractivity contribution is 7.85. The molecule has 5 nitrogen and oxygen atoms in total. The summed E-state index contributed by atoms with van der Waals surface area (Å²) in [7, 11) is -3.99. The van der Waals surface area contributed by atoms with Crippen molar-refractivity contribution in [1.29, 1.82) is 0 Å². The molecule has 0 aliphatic rings. The normalized spacial score (nSPS) is 11.9. The van der Waals surface area contributed by atoms with Crippen molar-refractivity contribution in [3.63, 3.8) is 0 Å². The first-order chi connectivity index (χ1) is 7.45. The van der Waals surface area contributed by atoms with E-state index < -0.39 is 15.9 Å². The van der Waals surface area contributed by atoms with Gasteiger partial charge in [0, 0.05) is 6.54 Å². The fraction of sp³-hybridized carbons (Fsp3) is 0.700. The fourth-order valence-electron chi connectivity index (χ4n) is 1.06. The third-order valence-corrected chi connectivity index (χ3v) is 2.62. The molecule has 0 saturated heterocycles. The van der Waals surface area contributed by atoms with E-state index in [2.05, 4.69) is 12.2 Å². The Kier molecular flexibility index (Phi) is 7.84. The second-order valence-electron chi connectivity index (χ2n) is 3.48. The zero-order chi connectivity index (χ0) is 12.4. The van der Waals surface area contributed by atoms with Crippen LogP contribution < -0.4 is 5.32 Å². The van der Waals surface area contributed by atoms with Crippen molar-refractivity contribution in [2.75, 3.05) is 12.3 Å². The maximum atomic E-state index is 11.1. The van der Waals surface area contributed by atoms with E-state index in [-0.39, 0.29) is 12.5 Å². The molecule has 1 amide bonds. The molecule has 2 N–H and O–H groups in total. The number of carbonyl (C=O) groups is 1. The smallest absolute Gasteiger partial charge is 0.266 e. The number of nitrogens with one attached hydrogen (secondary N) is 1. The molecule has 0 aliphatic carbocycles. The van der Waals surface area contributed by atoms with Gasteiger partial charge in [0.25, 0.3) is 10.1 Å². The summed E-state index contributed by atoms with van der Waals surface area (Å²) in [5.74, 6) is -0.789. The number of hydrogen-bond acceptors (Lipinski definition) is 3. The molecule has 94 valence electrons. The van der Waals surface area contributed by atoms with Gasteiger partial charge in [0.15, 0.2) is 0 Å². The van der Waals surface area contributed by atoms with Crippen LogP contribution in [0.15, 0.2) is 12.2 Å². The van der Waals surface area contributed by atoms with E-state index in [0.29, 0.717) is 0 Å². The van der Waals surface area contributed by atoms with Crippen LogP contribution in [0.1, 0.15) is 32.6 Å². The SMILES string of the molecule is CCCCC/C=C/C(=O)NCCS(=O)(=O)O. The van der Waals surface area contributed by atoms with Gasteiger partial charge in [-0.3, -0.25) is 9.35 Å². The van der Waals surface area contributed by atoms with Gasteiger partial charge < -0.3 is 5.32 Å². The summed E-state index contributed by atoms with van der Waals surface area (Å²) in [6.07, 6.45) is 7.31. The molecule has 0 heterocycles. The molecule has 0 fully saturated rings. The van der Waals surface area contributed by atoms with Crippen molar-refractivity contribution in [3.8, 4) is 0 Å². The van der Waals surface area contributed by atoms with E-state index in [1.54, 1.807) is 6.08 Å². The first-order valence-electron chi connectivity index (χ1n) is 5.35. The van der Waals surface area contributed by atoms with Crippen LogP contribution in [0.5, 0.6) is 0 Å². The maximum Gasteiger partial charge on any atom is 0.266 e. The highest BCUT2D eigenvalue weighted by atomic mass is 32.2. The Labute approximate surface area is 96.7 Å². The minimum Gasteiger partial charge on any atom is -0.351 e. The van der Waals surface area contributed by atoms with Crippen molar-refractivity contribution < 1.29 is 17.8 Å². The zero-order valence-electron chi connectivity index (χ0n) is 9.48. The van der Waals surface area contributed by atoms with Gasteiger partial charge in [0.2, 0.25) is 5.91 Å². The van der Waals surface area contributed by atoms with E-state index in [1.165, 1.54) is 6.08 Å². The van der Waals surface area contributed by atoms with Gasteiger partial charge in [-0.1, -0.05) is 25.8 Å². The number of carbonyl (C=O) groups excluding carboxylic acids is 1. The van der Waals surface area contributed by atoms with E-state index in [0.717, 1.165) is 25.7 Å². The number of hydrogen-bond donors (Lipinski definition) is 2. The number of amides is 1. The summed E-state index contributed by atoms with van der Waals surface area (Å²) >= 11 is 0. The van der Waals surface area contributed by atoms with E-state index >= 15 is 0 Å². The Balaban J connectivity index is 3.58. The largest absolute Gasteiger partial charge is 0.351 e. The standard InChI is InChI=1S/C10H19NO4S/c1-2-3-4-5-6-7-10(12)11-8-9-16(13,14)15/h6-7H,2-5,8-9H2,1H3,(H,11,12)(H,13,14,15)/b7-6+. The van der Waals surface area contributed by atoms with E-state index in [4.69, 9.17) is 4.55 Å². The van der Waals surface area contributed by atoms with Gasteiger partial charge >= 0.3 is 0 Å². The Morgan fingerprint density at radius 1 is 1.38 bits per heavy atom. The van der Waals surface area contributed by atoms with Crippen LogP contribution in [0.4, 0.5) is 0 Å². The molecular weight excluding hydrogens is 230 g/mol. The third kappa shape index (κ3) is 11.2. The zero-order valence-corrected chi connectivity index (χ0v) is 10.3. The van der Waals surface area contributed by atoms with Crippen LogP contribution in [0.3, 0.4) is 0 Å². The summed E-state index contributed by atoms with van der Waals surface area (Å²) in [6.45, 7) is 2.03. The summed E-state index contributed by atoms with van der Waals surface area (Å²) in [5.41, 5.74) is 0. The van der Waals surface area contributed by atoms with Crippen molar-refractivity contribution in [3.05, 3.63) is 12.2 Å². The summed E-state index contributed by atoms with van der Waals surface area (Å²) in [6, 6.07) is 0. The molecule has 0 unspecified atom stereocenters. The average molecular weight is 249 g/mol. The summed E-state index contributed by atoms with van der Waals surface area (Å²) in [5, 5.41) is 2.37. The van der Waals surface area contributed by atoms with Crippen LogP contribution in [0.2, 0.25) is 0 Å². The molecule has 0 aromatic rings. The van der Waals surface area contributed by atoms with Gasteiger partial charge in [0.05, 0.1) is 5.75 Å². The molecule has 16 heavy (non-hydrogen) atoms. The lowest BCUT2D eigenvalue weighted by Crippen LogP contribution is -2.27. The highest BCUT2D eigenvalue weighted by Crippen LogP contribution is 1.99. The topological polar surface area (TPSA) is 83.5 Å². The van der Waals surface area contributed by atoms with Crippen LogP contribution in [-0.4, -0.2) is 31.2 Å². The minimum absolute atomic E-state index is 0.0725. The third-order valence-electron chi connectivity index (χ3n) is 1.90. The lowest BCUT2D eigenvalue weighted by atomic mass is 10.2. The predicted octanol–water partition coefficient (Wildman–Crippen LogP) is 1.13. The molecule has 0 radical (unpaired) electrons. The number of allylic oxidation sites excluding steroid dienone is 1.